The molecule has 2 aliphatic heterocycles. The predicted molar refractivity (Wildman–Crippen MR) is 143 cm³/mol. The molecule has 0 aliphatic carbocycles. The zero-order valence-corrected chi connectivity index (χ0v) is 21.7. The van der Waals surface area contributed by atoms with Gasteiger partial charge in [-0.1, -0.05) is 51.1 Å². The number of carbonyl (C=O) groups is 2. The van der Waals surface area contributed by atoms with E-state index < -0.39 is 17.7 Å². The molecule has 6 nitrogen and oxygen atoms in total. The summed E-state index contributed by atoms with van der Waals surface area (Å²) in [5.74, 6) is -0.284. The summed E-state index contributed by atoms with van der Waals surface area (Å²) in [6.07, 6.45) is 0.763. The lowest BCUT2D eigenvalue weighted by molar-refractivity contribution is -0.132. The first-order valence-corrected chi connectivity index (χ1v) is 12.4. The van der Waals surface area contributed by atoms with Crippen molar-refractivity contribution in [3.05, 3.63) is 94.6 Å². The van der Waals surface area contributed by atoms with Gasteiger partial charge in [-0.05, 0) is 59.4 Å². The molecule has 2 heterocycles. The van der Waals surface area contributed by atoms with Crippen LogP contribution in [0.2, 0.25) is 0 Å². The average Bonchev–Trinajstić information content (AvgIpc) is 3.38. The van der Waals surface area contributed by atoms with Crippen LogP contribution in [-0.4, -0.2) is 30.0 Å². The van der Waals surface area contributed by atoms with Crippen molar-refractivity contribution >= 4 is 23.1 Å². The van der Waals surface area contributed by atoms with Crippen molar-refractivity contribution in [3.63, 3.8) is 0 Å². The molecule has 2 atom stereocenters. The first-order valence-electron chi connectivity index (χ1n) is 12.4. The fraction of sp³-hybridized carbons (Fsp3) is 0.290. The molecule has 2 aliphatic rings. The van der Waals surface area contributed by atoms with E-state index >= 15 is 0 Å². The van der Waals surface area contributed by atoms with Gasteiger partial charge in [0.05, 0.1) is 18.7 Å². The number of anilines is 1. The molecule has 1 amide bonds. The third-order valence-corrected chi connectivity index (χ3v) is 7.04. The normalized spacial score (nSPS) is 20.6. The molecule has 3 aromatic carbocycles. The van der Waals surface area contributed by atoms with Crippen molar-refractivity contribution in [1.29, 1.82) is 0 Å². The van der Waals surface area contributed by atoms with Crippen molar-refractivity contribution in [2.75, 3.05) is 12.0 Å². The Morgan fingerprint density at radius 3 is 2.43 bits per heavy atom. The van der Waals surface area contributed by atoms with E-state index in [1.165, 1.54) is 4.90 Å². The van der Waals surface area contributed by atoms with Crippen LogP contribution < -0.4 is 14.4 Å². The molecule has 37 heavy (non-hydrogen) atoms. The Hall–Kier alpha value is -4.06. The minimum Gasteiger partial charge on any atom is -0.507 e. The van der Waals surface area contributed by atoms with Crippen LogP contribution in [0.1, 0.15) is 56.0 Å². The highest BCUT2D eigenvalue weighted by Gasteiger charge is 2.47. The fourth-order valence-electron chi connectivity index (χ4n) is 5.06. The highest BCUT2D eigenvalue weighted by molar-refractivity contribution is 6.51. The van der Waals surface area contributed by atoms with E-state index in [9.17, 15) is 14.7 Å². The number of Topliss-reactive ketones (excluding diaryl/α,β-unsaturated/α-hetero) is 1. The Morgan fingerprint density at radius 1 is 1.03 bits per heavy atom. The molecule has 1 saturated heterocycles. The Labute approximate surface area is 217 Å². The maximum atomic E-state index is 13.5. The van der Waals surface area contributed by atoms with Crippen molar-refractivity contribution < 1.29 is 24.2 Å². The molecule has 190 valence electrons. The van der Waals surface area contributed by atoms with Crippen LogP contribution in [0.25, 0.3) is 5.76 Å². The summed E-state index contributed by atoms with van der Waals surface area (Å²) >= 11 is 0. The second kappa shape index (κ2) is 9.11. The van der Waals surface area contributed by atoms with Crippen LogP contribution >= 0.6 is 0 Å². The Balaban J connectivity index is 1.68. The van der Waals surface area contributed by atoms with Crippen molar-refractivity contribution in [3.8, 4) is 11.5 Å². The Morgan fingerprint density at radius 2 is 1.76 bits per heavy atom. The number of hydrogen-bond donors (Lipinski definition) is 1. The standard InChI is InChI=1S/C31H31NO5/c1-18-15-21-16-20(11-14-25(21)37-18)28(33)26-27(19-9-12-22(13-10-19)31(2,3)4)32(30(35)29(26)34)23-7-6-8-24(17-23)36-5/h6-14,16-18,27,33H,15H2,1-5H3/b28-26-. The van der Waals surface area contributed by atoms with Gasteiger partial charge in [0.1, 0.15) is 23.4 Å². The number of ketones is 1. The maximum Gasteiger partial charge on any atom is 0.300 e. The SMILES string of the molecule is COc1cccc(N2C(=O)C(=O)/C(=C(\O)c3ccc4c(c3)CC(C)O4)C2c2ccc(C(C)(C)C)cc2)c1. The summed E-state index contributed by atoms with van der Waals surface area (Å²) in [4.78, 5) is 28.4. The van der Waals surface area contributed by atoms with Crippen molar-refractivity contribution in [1.82, 2.24) is 0 Å². The summed E-state index contributed by atoms with van der Waals surface area (Å²) < 4.78 is 11.2. The summed E-state index contributed by atoms with van der Waals surface area (Å²) in [6, 6.07) is 19.5. The fourth-order valence-corrected chi connectivity index (χ4v) is 5.06. The number of fused-ring (bicyclic) bond motifs is 1. The number of hydrogen-bond acceptors (Lipinski definition) is 5. The average molecular weight is 498 g/mol. The minimum absolute atomic E-state index is 0.0485. The molecule has 5 rings (SSSR count). The van der Waals surface area contributed by atoms with Gasteiger partial charge < -0.3 is 14.6 Å². The number of benzene rings is 3. The molecule has 1 fully saturated rings. The van der Waals surface area contributed by atoms with Crippen LogP contribution in [0.5, 0.6) is 11.5 Å². The van der Waals surface area contributed by atoms with Crippen LogP contribution in [0.4, 0.5) is 5.69 Å². The maximum absolute atomic E-state index is 13.5. The van der Waals surface area contributed by atoms with Crippen molar-refractivity contribution in [2.24, 2.45) is 0 Å². The molecule has 0 spiro atoms. The van der Waals surface area contributed by atoms with Gasteiger partial charge in [0.25, 0.3) is 11.7 Å². The van der Waals surface area contributed by atoms with Gasteiger partial charge in [-0.25, -0.2) is 0 Å². The molecule has 0 radical (unpaired) electrons. The first kappa shape index (κ1) is 24.6. The minimum atomic E-state index is -0.801. The van der Waals surface area contributed by atoms with E-state index in [1.54, 1.807) is 43.5 Å². The summed E-state index contributed by atoms with van der Waals surface area (Å²) in [7, 11) is 1.55. The van der Waals surface area contributed by atoms with E-state index in [4.69, 9.17) is 9.47 Å². The smallest absolute Gasteiger partial charge is 0.300 e. The zero-order chi connectivity index (χ0) is 26.5. The number of aliphatic hydroxyl groups excluding tert-OH is 1. The number of aliphatic hydroxyl groups is 1. The molecule has 0 aromatic heterocycles. The highest BCUT2D eigenvalue weighted by atomic mass is 16.5. The van der Waals surface area contributed by atoms with Crippen LogP contribution in [0.3, 0.4) is 0 Å². The molecule has 2 unspecified atom stereocenters. The second-order valence-electron chi connectivity index (χ2n) is 10.7. The molecule has 3 aromatic rings. The van der Waals surface area contributed by atoms with E-state index in [1.807, 2.05) is 37.3 Å². The van der Waals surface area contributed by atoms with Crippen LogP contribution in [0.15, 0.2) is 72.3 Å². The monoisotopic (exact) mass is 497 g/mol. The van der Waals surface area contributed by atoms with Gasteiger partial charge in [0.2, 0.25) is 0 Å². The summed E-state index contributed by atoms with van der Waals surface area (Å²) in [6.45, 7) is 8.37. The topological polar surface area (TPSA) is 76.1 Å². The molecule has 0 saturated carbocycles. The number of amides is 1. The van der Waals surface area contributed by atoms with Gasteiger partial charge in [-0.2, -0.15) is 0 Å². The Kier molecular flexibility index (Phi) is 6.06. The lowest BCUT2D eigenvalue weighted by Gasteiger charge is -2.27. The number of carbonyl (C=O) groups excluding carboxylic acids is 2. The third-order valence-electron chi connectivity index (χ3n) is 7.04. The van der Waals surface area contributed by atoms with E-state index in [0.717, 1.165) is 22.4 Å². The molecule has 1 N–H and O–H groups in total. The molecule has 0 bridgehead atoms. The number of rotatable bonds is 4. The molecular formula is C31H31NO5. The number of ether oxygens (including phenoxy) is 2. The van der Waals surface area contributed by atoms with Crippen molar-refractivity contribution in [2.45, 2.75) is 51.7 Å². The highest BCUT2D eigenvalue weighted by Crippen LogP contribution is 2.44. The number of methoxy groups -OCH3 is 1. The predicted octanol–water partition coefficient (Wildman–Crippen LogP) is 5.94. The Bertz CT molecular complexity index is 1410. The summed E-state index contributed by atoms with van der Waals surface area (Å²) in [5.41, 5.74) is 3.82. The van der Waals surface area contributed by atoms with Crippen LogP contribution in [0, 0.1) is 0 Å². The van der Waals surface area contributed by atoms with Gasteiger partial charge in [-0.15, -0.1) is 0 Å². The second-order valence-corrected chi connectivity index (χ2v) is 10.7. The quantitative estimate of drug-likeness (QED) is 0.274. The van der Waals surface area contributed by atoms with E-state index in [-0.39, 0.29) is 22.9 Å². The van der Waals surface area contributed by atoms with Gasteiger partial charge >= 0.3 is 0 Å². The van der Waals surface area contributed by atoms with E-state index in [0.29, 0.717) is 23.4 Å². The lowest BCUT2D eigenvalue weighted by Crippen LogP contribution is -2.29. The van der Waals surface area contributed by atoms with Crippen LogP contribution in [-0.2, 0) is 21.4 Å². The summed E-state index contributed by atoms with van der Waals surface area (Å²) in [5, 5.41) is 11.5. The third kappa shape index (κ3) is 4.37. The molecular weight excluding hydrogens is 466 g/mol. The lowest BCUT2D eigenvalue weighted by atomic mass is 9.85. The van der Waals surface area contributed by atoms with Gasteiger partial charge in [0.15, 0.2) is 0 Å². The van der Waals surface area contributed by atoms with Gasteiger partial charge in [-0.3, -0.25) is 14.5 Å². The van der Waals surface area contributed by atoms with E-state index in [2.05, 4.69) is 20.8 Å². The number of nitrogens with zero attached hydrogens (tertiary/aromatic N) is 1. The zero-order valence-electron chi connectivity index (χ0n) is 21.7. The largest absolute Gasteiger partial charge is 0.507 e. The first-order chi connectivity index (χ1) is 17.6. The molecule has 6 heteroatoms. The van der Waals surface area contributed by atoms with Gasteiger partial charge in [0, 0.05) is 23.7 Å².